The third kappa shape index (κ3) is 6.80. The summed E-state index contributed by atoms with van der Waals surface area (Å²) in [5, 5.41) is 0.120. The fraction of sp³-hybridized carbons (Fsp3) is 0.515. The molecule has 0 saturated carbocycles. The van der Waals surface area contributed by atoms with Crippen LogP contribution in [0.15, 0.2) is 44.7 Å². The van der Waals surface area contributed by atoms with Crippen LogP contribution in [-0.2, 0) is 25.5 Å². The zero-order valence-corrected chi connectivity index (χ0v) is 27.9. The number of oxazole rings is 1. The number of thiophene rings is 1. The van der Waals surface area contributed by atoms with Gasteiger partial charge < -0.3 is 23.4 Å². The van der Waals surface area contributed by atoms with E-state index in [0.717, 1.165) is 46.9 Å². The molecule has 258 valence electrons. The number of nitrogens with zero attached hydrogens (tertiary/aromatic N) is 3. The molecule has 2 fully saturated rings. The summed E-state index contributed by atoms with van der Waals surface area (Å²) in [4.78, 5) is 46.6. The minimum absolute atomic E-state index is 0.0478. The number of esters is 1. The zero-order valence-electron chi connectivity index (χ0n) is 27.0. The van der Waals surface area contributed by atoms with Gasteiger partial charge in [-0.2, -0.15) is 8.78 Å². The van der Waals surface area contributed by atoms with E-state index < -0.39 is 53.5 Å². The minimum Gasteiger partial charge on any atom is -0.458 e. The first-order chi connectivity index (χ1) is 22.7. The maximum Gasteiger partial charge on any atom is 0.387 e. The number of hydrogen-bond donors (Lipinski definition) is 0. The highest BCUT2D eigenvalue weighted by atomic mass is 32.1. The summed E-state index contributed by atoms with van der Waals surface area (Å²) in [6.45, 7) is 4.48. The molecule has 3 aromatic heterocycles. The van der Waals surface area contributed by atoms with Crippen LogP contribution in [0.25, 0.3) is 21.0 Å². The average Bonchev–Trinajstić information content (AvgIpc) is 3.73. The molecule has 0 aliphatic carbocycles. The molecule has 1 aromatic carbocycles. The van der Waals surface area contributed by atoms with Gasteiger partial charge in [0.2, 0.25) is 5.89 Å². The first-order valence-electron chi connectivity index (χ1n) is 15.7. The molecular weight excluding hydrogens is 655 g/mol. The van der Waals surface area contributed by atoms with Crippen molar-refractivity contribution in [3.05, 3.63) is 68.4 Å². The van der Waals surface area contributed by atoms with Gasteiger partial charge in [-0.05, 0) is 84.1 Å². The highest BCUT2D eigenvalue weighted by Crippen LogP contribution is 2.40. The van der Waals surface area contributed by atoms with Crippen molar-refractivity contribution in [2.45, 2.75) is 110 Å². The van der Waals surface area contributed by atoms with Crippen LogP contribution in [0.1, 0.15) is 76.7 Å². The molecule has 6 rings (SSSR count). The summed E-state index contributed by atoms with van der Waals surface area (Å²) in [5.41, 5.74) is -2.11. The summed E-state index contributed by atoms with van der Waals surface area (Å²) in [7, 11) is 0. The number of aryl methyl sites for hydroxylation is 1. The Morgan fingerprint density at radius 2 is 1.88 bits per heavy atom. The Balaban J connectivity index is 1.54. The van der Waals surface area contributed by atoms with Gasteiger partial charge in [0.25, 0.3) is 5.56 Å². The molecule has 5 atom stereocenters. The van der Waals surface area contributed by atoms with E-state index in [9.17, 15) is 27.6 Å². The van der Waals surface area contributed by atoms with Crippen LogP contribution in [0.2, 0.25) is 0 Å². The lowest BCUT2D eigenvalue weighted by Crippen LogP contribution is -2.45. The molecule has 0 unspecified atom stereocenters. The van der Waals surface area contributed by atoms with Crippen LogP contribution in [-0.4, -0.2) is 50.6 Å². The van der Waals surface area contributed by atoms with E-state index in [1.165, 1.54) is 24.0 Å². The fourth-order valence-corrected chi connectivity index (χ4v) is 7.65. The molecule has 48 heavy (non-hydrogen) atoms. The van der Waals surface area contributed by atoms with Crippen LogP contribution < -0.4 is 16.0 Å². The van der Waals surface area contributed by atoms with Crippen molar-refractivity contribution < 1.29 is 41.3 Å². The normalized spacial score (nSPS) is 20.7. The first-order valence-corrected chi connectivity index (χ1v) is 16.5. The number of alkyl halides is 2. The average molecular weight is 692 g/mol. The second-order valence-corrected chi connectivity index (χ2v) is 14.1. The number of fused-ring (bicyclic) bond motifs is 3. The molecule has 5 heterocycles. The van der Waals surface area contributed by atoms with Crippen LogP contribution >= 0.6 is 11.3 Å². The topological polar surface area (TPSA) is 124 Å². The second-order valence-electron chi connectivity index (χ2n) is 13.1. The third-order valence-electron chi connectivity index (χ3n) is 8.49. The van der Waals surface area contributed by atoms with Gasteiger partial charge in [-0.25, -0.2) is 23.5 Å². The van der Waals surface area contributed by atoms with Crippen LogP contribution in [0.3, 0.4) is 0 Å². The SMILES string of the molecule is Cc1c(-c2ncco2)sc2c1c(=O)n([C@@H](C)C(=O)OC(C)(C)C)c(=O)n2C[C@H](O[C@@H]1C[C@H]2CC[C@@H](C1)O2)c1cc(F)ccc1OC(F)F. The number of halogens is 3. The van der Waals surface area contributed by atoms with E-state index in [1.54, 1.807) is 27.7 Å². The van der Waals surface area contributed by atoms with E-state index >= 15 is 0 Å². The van der Waals surface area contributed by atoms with Crippen molar-refractivity contribution in [3.8, 4) is 16.5 Å². The molecule has 2 aliphatic rings. The van der Waals surface area contributed by atoms with E-state index in [1.807, 2.05) is 0 Å². The summed E-state index contributed by atoms with van der Waals surface area (Å²) < 4.78 is 72.3. The first kappa shape index (κ1) is 33.9. The van der Waals surface area contributed by atoms with Gasteiger partial charge in [0.15, 0.2) is 0 Å². The van der Waals surface area contributed by atoms with Gasteiger partial charge in [0.1, 0.15) is 40.4 Å². The summed E-state index contributed by atoms with van der Waals surface area (Å²) >= 11 is 1.06. The minimum atomic E-state index is -3.22. The zero-order chi connectivity index (χ0) is 34.5. The highest BCUT2D eigenvalue weighted by molar-refractivity contribution is 7.22. The number of carbonyl (C=O) groups excluding carboxylic acids is 1. The molecule has 2 bridgehead atoms. The van der Waals surface area contributed by atoms with Gasteiger partial charge in [0.05, 0.1) is 41.3 Å². The molecular formula is C33H36F3N3O8S. The number of hydrogen-bond acceptors (Lipinski definition) is 10. The molecule has 4 aromatic rings. The van der Waals surface area contributed by atoms with Gasteiger partial charge in [0, 0.05) is 5.56 Å². The monoisotopic (exact) mass is 691 g/mol. The van der Waals surface area contributed by atoms with E-state index in [2.05, 4.69) is 4.98 Å². The largest absolute Gasteiger partial charge is 0.458 e. The predicted octanol–water partition coefficient (Wildman–Crippen LogP) is 6.30. The Bertz CT molecular complexity index is 1920. The van der Waals surface area contributed by atoms with Crippen molar-refractivity contribution in [2.24, 2.45) is 0 Å². The summed E-state index contributed by atoms with van der Waals surface area (Å²) in [6.07, 6.45) is 3.83. The van der Waals surface area contributed by atoms with Crippen LogP contribution in [0, 0.1) is 12.7 Å². The van der Waals surface area contributed by atoms with E-state index in [4.69, 9.17) is 23.4 Å². The van der Waals surface area contributed by atoms with Crippen molar-refractivity contribution in [1.82, 2.24) is 14.1 Å². The van der Waals surface area contributed by atoms with Crippen LogP contribution in [0.5, 0.6) is 5.75 Å². The Hall–Kier alpha value is -3.95. The fourth-order valence-electron chi connectivity index (χ4n) is 6.41. The number of ether oxygens (including phenoxy) is 4. The molecule has 2 aliphatic heterocycles. The Labute approximate surface area is 277 Å². The van der Waals surface area contributed by atoms with Crippen molar-refractivity contribution in [1.29, 1.82) is 0 Å². The highest BCUT2D eigenvalue weighted by Gasteiger charge is 2.38. The van der Waals surface area contributed by atoms with E-state index in [0.29, 0.717) is 23.3 Å². The molecule has 15 heteroatoms. The molecule has 0 amide bonds. The predicted molar refractivity (Wildman–Crippen MR) is 169 cm³/mol. The molecule has 2 saturated heterocycles. The van der Waals surface area contributed by atoms with Gasteiger partial charge in [-0.3, -0.25) is 9.36 Å². The van der Waals surface area contributed by atoms with Gasteiger partial charge >= 0.3 is 18.3 Å². The Morgan fingerprint density at radius 3 is 2.50 bits per heavy atom. The molecule has 0 radical (unpaired) electrons. The van der Waals surface area contributed by atoms with Crippen LogP contribution in [0.4, 0.5) is 13.2 Å². The maximum atomic E-state index is 14.8. The number of carbonyl (C=O) groups is 1. The van der Waals surface area contributed by atoms with Crippen molar-refractivity contribution in [2.75, 3.05) is 0 Å². The lowest BCUT2D eigenvalue weighted by molar-refractivity contribution is -0.158. The summed E-state index contributed by atoms with van der Waals surface area (Å²) in [5.74, 6) is -1.65. The molecule has 0 spiro atoms. The maximum absolute atomic E-state index is 14.8. The second kappa shape index (κ2) is 13.2. The molecule has 0 N–H and O–H groups in total. The summed E-state index contributed by atoms with van der Waals surface area (Å²) in [6, 6.07) is 1.77. The Morgan fingerprint density at radius 1 is 1.17 bits per heavy atom. The Kier molecular flexibility index (Phi) is 9.30. The number of benzene rings is 1. The molecule has 11 nitrogen and oxygen atoms in total. The van der Waals surface area contributed by atoms with Crippen molar-refractivity contribution >= 4 is 27.5 Å². The third-order valence-corrected chi connectivity index (χ3v) is 9.79. The lowest BCUT2D eigenvalue weighted by Gasteiger charge is -2.32. The number of aromatic nitrogens is 3. The van der Waals surface area contributed by atoms with Gasteiger partial charge in [-0.1, -0.05) is 0 Å². The number of rotatable bonds is 10. The standard InChI is InChI=1S/C33H36F3N3O8S/c1-16-25-28(40)39(17(2)30(41)47-33(3,4)5)32(42)38(29(25)48-26(16)27-37-10-11-43-27)15-24(45-21-13-19-7-8-20(14-21)44-19)22-12-18(34)6-9-23(22)46-31(35)36/h6,9-12,17,19-21,24,31H,7-8,13-15H2,1-5H3/t17-,19-,20+,21-,24-/m0/s1. The lowest BCUT2D eigenvalue weighted by atomic mass is 10.0. The smallest absolute Gasteiger partial charge is 0.387 e. The van der Waals surface area contributed by atoms with Crippen molar-refractivity contribution in [3.63, 3.8) is 0 Å². The van der Waals surface area contributed by atoms with Gasteiger partial charge in [-0.15, -0.1) is 11.3 Å². The van der Waals surface area contributed by atoms with E-state index in [-0.39, 0.29) is 46.2 Å². The quantitative estimate of drug-likeness (QED) is 0.176.